The van der Waals surface area contributed by atoms with Crippen molar-refractivity contribution in [3.8, 4) is 0 Å². The number of nitrogens with two attached hydrogens (primary N) is 1. The van der Waals surface area contributed by atoms with E-state index in [1.807, 2.05) is 37.3 Å². The van der Waals surface area contributed by atoms with Crippen molar-refractivity contribution in [2.45, 2.75) is 6.92 Å². The average molecular weight is 226 g/mol. The maximum absolute atomic E-state index is 12.0. The van der Waals surface area contributed by atoms with Crippen LogP contribution in [-0.2, 0) is 0 Å². The van der Waals surface area contributed by atoms with Crippen molar-refractivity contribution >= 4 is 17.3 Å². The molecule has 17 heavy (non-hydrogen) atoms. The van der Waals surface area contributed by atoms with Crippen molar-refractivity contribution in [2.75, 3.05) is 11.1 Å². The molecule has 3 heteroatoms. The number of carbonyl (C=O) groups excluding carboxylic acids is 1. The second kappa shape index (κ2) is 4.70. The Balaban J connectivity index is 2.24. The molecule has 0 heterocycles. The molecule has 0 aliphatic rings. The molecule has 2 aromatic rings. The van der Waals surface area contributed by atoms with Gasteiger partial charge in [0.15, 0.2) is 0 Å². The van der Waals surface area contributed by atoms with Crippen molar-refractivity contribution in [1.29, 1.82) is 0 Å². The molecule has 3 nitrogen and oxygen atoms in total. The topological polar surface area (TPSA) is 55.1 Å². The Morgan fingerprint density at radius 1 is 1.06 bits per heavy atom. The lowest BCUT2D eigenvalue weighted by Crippen LogP contribution is -2.14. The van der Waals surface area contributed by atoms with Crippen molar-refractivity contribution in [3.05, 3.63) is 59.7 Å². The standard InChI is InChI=1S/C14H14N2O/c1-10-6-2-3-7-11(10)14(17)16-13-9-5-4-8-12(13)15/h2-9H,15H2,1H3,(H,16,17). The number of rotatable bonds is 2. The van der Waals surface area contributed by atoms with Gasteiger partial charge in [0.2, 0.25) is 0 Å². The van der Waals surface area contributed by atoms with Crippen LogP contribution in [0.1, 0.15) is 15.9 Å². The highest BCUT2D eigenvalue weighted by Gasteiger charge is 2.09. The van der Waals surface area contributed by atoms with E-state index in [0.717, 1.165) is 5.56 Å². The molecular formula is C14H14N2O. The van der Waals surface area contributed by atoms with Gasteiger partial charge in [0.1, 0.15) is 0 Å². The summed E-state index contributed by atoms with van der Waals surface area (Å²) in [4.78, 5) is 12.0. The Morgan fingerprint density at radius 2 is 1.71 bits per heavy atom. The summed E-state index contributed by atoms with van der Waals surface area (Å²) in [5.74, 6) is -0.138. The molecule has 0 saturated carbocycles. The minimum Gasteiger partial charge on any atom is -0.397 e. The number of aryl methyl sites for hydroxylation is 1. The predicted molar refractivity (Wildman–Crippen MR) is 70.0 cm³/mol. The molecule has 2 rings (SSSR count). The van der Waals surface area contributed by atoms with Gasteiger partial charge in [0, 0.05) is 5.56 Å². The van der Waals surface area contributed by atoms with Crippen LogP contribution in [0.5, 0.6) is 0 Å². The second-order valence-corrected chi connectivity index (χ2v) is 3.86. The molecule has 0 bridgehead atoms. The summed E-state index contributed by atoms with van der Waals surface area (Å²) in [7, 11) is 0. The Labute approximate surface area is 100 Å². The normalized spacial score (nSPS) is 9.94. The van der Waals surface area contributed by atoms with E-state index in [2.05, 4.69) is 5.32 Å². The molecule has 0 saturated heterocycles. The van der Waals surface area contributed by atoms with Crippen molar-refractivity contribution in [2.24, 2.45) is 0 Å². The van der Waals surface area contributed by atoms with Gasteiger partial charge in [0.05, 0.1) is 11.4 Å². The van der Waals surface area contributed by atoms with Crippen LogP contribution in [-0.4, -0.2) is 5.91 Å². The van der Waals surface area contributed by atoms with Crippen LogP contribution >= 0.6 is 0 Å². The number of nitrogens with one attached hydrogen (secondary N) is 1. The van der Waals surface area contributed by atoms with E-state index in [4.69, 9.17) is 5.73 Å². The first-order chi connectivity index (χ1) is 8.18. The van der Waals surface area contributed by atoms with Gasteiger partial charge in [-0.05, 0) is 30.7 Å². The highest BCUT2D eigenvalue weighted by molar-refractivity contribution is 6.06. The summed E-state index contributed by atoms with van der Waals surface area (Å²) < 4.78 is 0. The van der Waals surface area contributed by atoms with Crippen LogP contribution in [0.2, 0.25) is 0 Å². The number of amides is 1. The first-order valence-corrected chi connectivity index (χ1v) is 5.40. The maximum Gasteiger partial charge on any atom is 0.255 e. The van der Waals surface area contributed by atoms with Gasteiger partial charge in [-0.1, -0.05) is 30.3 Å². The molecule has 0 spiro atoms. The highest BCUT2D eigenvalue weighted by atomic mass is 16.1. The average Bonchev–Trinajstić information content (AvgIpc) is 2.32. The fraction of sp³-hybridized carbons (Fsp3) is 0.0714. The van der Waals surface area contributed by atoms with Gasteiger partial charge in [-0.3, -0.25) is 4.79 Å². The zero-order valence-corrected chi connectivity index (χ0v) is 9.60. The lowest BCUT2D eigenvalue weighted by Gasteiger charge is -2.09. The summed E-state index contributed by atoms with van der Waals surface area (Å²) in [5.41, 5.74) is 8.58. The van der Waals surface area contributed by atoms with Gasteiger partial charge in [-0.25, -0.2) is 0 Å². The molecule has 0 unspecified atom stereocenters. The van der Waals surface area contributed by atoms with Crippen LogP contribution in [0.15, 0.2) is 48.5 Å². The fourth-order valence-corrected chi connectivity index (χ4v) is 1.63. The molecule has 0 aliphatic carbocycles. The zero-order chi connectivity index (χ0) is 12.3. The zero-order valence-electron chi connectivity index (χ0n) is 9.60. The largest absolute Gasteiger partial charge is 0.397 e. The van der Waals surface area contributed by atoms with E-state index in [-0.39, 0.29) is 5.91 Å². The number of nitrogen functional groups attached to an aromatic ring is 1. The van der Waals surface area contributed by atoms with Crippen molar-refractivity contribution in [1.82, 2.24) is 0 Å². The highest BCUT2D eigenvalue weighted by Crippen LogP contribution is 2.18. The van der Waals surface area contributed by atoms with E-state index in [9.17, 15) is 4.79 Å². The molecule has 0 radical (unpaired) electrons. The van der Waals surface area contributed by atoms with Gasteiger partial charge < -0.3 is 11.1 Å². The Kier molecular flexibility index (Phi) is 3.10. The van der Waals surface area contributed by atoms with E-state index >= 15 is 0 Å². The van der Waals surface area contributed by atoms with E-state index in [1.54, 1.807) is 18.2 Å². The molecular weight excluding hydrogens is 212 g/mol. The second-order valence-electron chi connectivity index (χ2n) is 3.86. The monoisotopic (exact) mass is 226 g/mol. The van der Waals surface area contributed by atoms with E-state index in [0.29, 0.717) is 16.9 Å². The first kappa shape index (κ1) is 11.2. The molecule has 0 fully saturated rings. The van der Waals surface area contributed by atoms with Crippen LogP contribution in [0, 0.1) is 6.92 Å². The molecule has 0 aliphatic heterocycles. The van der Waals surface area contributed by atoms with Crippen molar-refractivity contribution in [3.63, 3.8) is 0 Å². The third-order valence-electron chi connectivity index (χ3n) is 2.60. The number of anilines is 2. The van der Waals surface area contributed by atoms with E-state index < -0.39 is 0 Å². The Bertz CT molecular complexity index is 549. The van der Waals surface area contributed by atoms with Gasteiger partial charge in [-0.15, -0.1) is 0 Å². The fourth-order valence-electron chi connectivity index (χ4n) is 1.63. The quantitative estimate of drug-likeness (QED) is 0.773. The van der Waals surface area contributed by atoms with Crippen LogP contribution < -0.4 is 11.1 Å². The van der Waals surface area contributed by atoms with Gasteiger partial charge in [-0.2, -0.15) is 0 Å². The lowest BCUT2D eigenvalue weighted by atomic mass is 10.1. The third kappa shape index (κ3) is 2.45. The van der Waals surface area contributed by atoms with Crippen LogP contribution in [0.3, 0.4) is 0 Å². The third-order valence-corrected chi connectivity index (χ3v) is 2.60. The predicted octanol–water partition coefficient (Wildman–Crippen LogP) is 2.83. The molecule has 2 aromatic carbocycles. The summed E-state index contributed by atoms with van der Waals surface area (Å²) in [5, 5.41) is 2.80. The molecule has 3 N–H and O–H groups in total. The van der Waals surface area contributed by atoms with Crippen LogP contribution in [0.25, 0.3) is 0 Å². The van der Waals surface area contributed by atoms with Crippen molar-refractivity contribution < 1.29 is 4.79 Å². The molecule has 0 atom stereocenters. The number of carbonyl (C=O) groups is 1. The molecule has 0 aromatic heterocycles. The smallest absolute Gasteiger partial charge is 0.255 e. The SMILES string of the molecule is Cc1ccccc1C(=O)Nc1ccccc1N. The number of hydrogen-bond acceptors (Lipinski definition) is 2. The maximum atomic E-state index is 12.0. The number of para-hydroxylation sites is 2. The Hall–Kier alpha value is -2.29. The Morgan fingerprint density at radius 3 is 2.41 bits per heavy atom. The first-order valence-electron chi connectivity index (χ1n) is 5.40. The number of benzene rings is 2. The van der Waals surface area contributed by atoms with Gasteiger partial charge in [0.25, 0.3) is 5.91 Å². The lowest BCUT2D eigenvalue weighted by molar-refractivity contribution is 0.102. The minimum atomic E-state index is -0.138. The molecule has 1 amide bonds. The van der Waals surface area contributed by atoms with E-state index in [1.165, 1.54) is 0 Å². The summed E-state index contributed by atoms with van der Waals surface area (Å²) in [6.07, 6.45) is 0. The summed E-state index contributed by atoms with van der Waals surface area (Å²) in [6.45, 7) is 1.91. The minimum absolute atomic E-state index is 0.138. The van der Waals surface area contributed by atoms with Crippen LogP contribution in [0.4, 0.5) is 11.4 Å². The summed E-state index contributed by atoms with van der Waals surface area (Å²) in [6, 6.07) is 14.7. The summed E-state index contributed by atoms with van der Waals surface area (Å²) >= 11 is 0. The number of hydrogen-bond donors (Lipinski definition) is 2. The molecule has 86 valence electrons. The van der Waals surface area contributed by atoms with Gasteiger partial charge >= 0.3 is 0 Å².